The number of carboxylic acids is 1. The van der Waals surface area contributed by atoms with Crippen LogP contribution in [-0.4, -0.2) is 42.4 Å². The molecule has 0 radical (unpaired) electrons. The predicted octanol–water partition coefficient (Wildman–Crippen LogP) is 3.56. The van der Waals surface area contributed by atoms with Crippen LogP contribution in [0.15, 0.2) is 36.4 Å². The molecule has 26 heavy (non-hydrogen) atoms. The Morgan fingerprint density at radius 1 is 1.27 bits per heavy atom. The fourth-order valence-corrected chi connectivity index (χ4v) is 4.07. The van der Waals surface area contributed by atoms with Crippen molar-refractivity contribution >= 4 is 33.2 Å². The number of rotatable bonds is 4. The molecule has 1 aromatic heterocycles. The lowest BCUT2D eigenvalue weighted by atomic mass is 10.0. The molecule has 2 heterocycles. The molecule has 1 N–H and O–H groups in total. The van der Waals surface area contributed by atoms with Gasteiger partial charge in [0.1, 0.15) is 10.7 Å². The summed E-state index contributed by atoms with van der Waals surface area (Å²) < 4.78 is 19.4. The molecule has 1 saturated heterocycles. The van der Waals surface area contributed by atoms with Crippen molar-refractivity contribution in [3.63, 3.8) is 0 Å². The first-order valence-corrected chi connectivity index (χ1v) is 9.16. The third-order valence-corrected chi connectivity index (χ3v) is 5.57. The van der Waals surface area contributed by atoms with E-state index in [2.05, 4.69) is 4.98 Å². The monoisotopic (exact) mass is 372 g/mol. The summed E-state index contributed by atoms with van der Waals surface area (Å²) in [6.45, 7) is 2.63. The average molecular weight is 372 g/mol. The summed E-state index contributed by atoms with van der Waals surface area (Å²) in [4.78, 5) is 18.5. The Morgan fingerprint density at radius 3 is 2.85 bits per heavy atom. The molecule has 134 valence electrons. The van der Waals surface area contributed by atoms with Crippen molar-refractivity contribution in [2.45, 2.75) is 6.42 Å². The summed E-state index contributed by atoms with van der Waals surface area (Å²) in [5.41, 5.74) is 1.35. The standard InChI is InChI=1S/C19H17FN2O3S/c20-15-3-1-2-13-5-4-12(10-14(13)15)11-16-17(18(23)24)26-19(21-16)22-6-8-25-9-7-22/h1-5,10H,6-9,11H2,(H,23,24). The molecule has 1 aliphatic rings. The largest absolute Gasteiger partial charge is 0.477 e. The molecule has 4 rings (SSSR count). The normalized spacial score (nSPS) is 14.7. The van der Waals surface area contributed by atoms with Crippen LogP contribution in [0.1, 0.15) is 20.9 Å². The lowest BCUT2D eigenvalue weighted by Crippen LogP contribution is -2.36. The molecule has 2 aromatic carbocycles. The number of ether oxygens (including phenoxy) is 1. The van der Waals surface area contributed by atoms with Gasteiger partial charge in [0, 0.05) is 24.9 Å². The average Bonchev–Trinajstić information content (AvgIpc) is 3.07. The first kappa shape index (κ1) is 16.9. The summed E-state index contributed by atoms with van der Waals surface area (Å²) >= 11 is 1.19. The van der Waals surface area contributed by atoms with Gasteiger partial charge in [-0.15, -0.1) is 0 Å². The number of nitrogens with zero attached hydrogens (tertiary/aromatic N) is 2. The van der Waals surface area contributed by atoms with Crippen molar-refractivity contribution < 1.29 is 19.0 Å². The van der Waals surface area contributed by atoms with E-state index in [1.807, 2.05) is 23.1 Å². The first-order chi connectivity index (χ1) is 12.6. The summed E-state index contributed by atoms with van der Waals surface area (Å²) in [5, 5.41) is 11.6. The van der Waals surface area contributed by atoms with Crippen LogP contribution in [0.25, 0.3) is 10.8 Å². The highest BCUT2D eigenvalue weighted by atomic mass is 32.1. The Kier molecular flexibility index (Phi) is 4.57. The number of hydrogen-bond donors (Lipinski definition) is 1. The summed E-state index contributed by atoms with van der Waals surface area (Å²) in [5.74, 6) is -1.26. The molecule has 0 saturated carbocycles. The number of aromatic carboxylic acids is 1. The van der Waals surface area contributed by atoms with E-state index in [1.54, 1.807) is 12.1 Å². The Balaban J connectivity index is 1.67. The number of halogens is 1. The Labute approximate surface area is 153 Å². The van der Waals surface area contributed by atoms with Crippen LogP contribution >= 0.6 is 11.3 Å². The molecular weight excluding hydrogens is 355 g/mol. The van der Waals surface area contributed by atoms with Gasteiger partial charge < -0.3 is 14.7 Å². The van der Waals surface area contributed by atoms with Gasteiger partial charge >= 0.3 is 5.97 Å². The van der Waals surface area contributed by atoms with Crippen molar-refractivity contribution in [1.82, 2.24) is 4.98 Å². The van der Waals surface area contributed by atoms with E-state index in [9.17, 15) is 14.3 Å². The van der Waals surface area contributed by atoms with Crippen molar-refractivity contribution in [2.75, 3.05) is 31.2 Å². The molecule has 0 aliphatic carbocycles. The van der Waals surface area contributed by atoms with Gasteiger partial charge in [0.25, 0.3) is 0 Å². The van der Waals surface area contributed by atoms with Crippen LogP contribution in [0, 0.1) is 5.82 Å². The molecule has 0 bridgehead atoms. The Bertz CT molecular complexity index is 967. The van der Waals surface area contributed by atoms with Crippen LogP contribution in [0.3, 0.4) is 0 Å². The number of aromatic nitrogens is 1. The maximum absolute atomic E-state index is 14.0. The number of morpholine rings is 1. The van der Waals surface area contributed by atoms with Crippen molar-refractivity contribution in [1.29, 1.82) is 0 Å². The van der Waals surface area contributed by atoms with Crippen LogP contribution < -0.4 is 4.90 Å². The lowest BCUT2D eigenvalue weighted by molar-refractivity contribution is 0.0701. The zero-order chi connectivity index (χ0) is 18.1. The number of anilines is 1. The number of carbonyl (C=O) groups is 1. The van der Waals surface area contributed by atoms with Gasteiger partial charge in [-0.25, -0.2) is 14.2 Å². The minimum absolute atomic E-state index is 0.236. The van der Waals surface area contributed by atoms with E-state index in [-0.39, 0.29) is 10.7 Å². The van der Waals surface area contributed by atoms with E-state index >= 15 is 0 Å². The molecule has 7 heteroatoms. The lowest BCUT2D eigenvalue weighted by Gasteiger charge is -2.26. The molecular formula is C19H17FN2O3S. The molecule has 1 fully saturated rings. The van der Waals surface area contributed by atoms with E-state index in [1.165, 1.54) is 17.4 Å². The predicted molar refractivity (Wildman–Crippen MR) is 98.8 cm³/mol. The van der Waals surface area contributed by atoms with E-state index in [0.717, 1.165) is 10.9 Å². The van der Waals surface area contributed by atoms with Gasteiger partial charge in [0.2, 0.25) is 0 Å². The first-order valence-electron chi connectivity index (χ1n) is 8.34. The number of hydrogen-bond acceptors (Lipinski definition) is 5. The Morgan fingerprint density at radius 2 is 2.08 bits per heavy atom. The SMILES string of the molecule is O=C(O)c1sc(N2CCOCC2)nc1Cc1ccc2cccc(F)c2c1. The van der Waals surface area contributed by atoms with Gasteiger partial charge in [0.15, 0.2) is 5.13 Å². The fourth-order valence-electron chi connectivity index (χ4n) is 3.10. The molecule has 0 amide bonds. The van der Waals surface area contributed by atoms with Crippen molar-refractivity contribution in [3.8, 4) is 0 Å². The Hall–Kier alpha value is -2.51. The maximum atomic E-state index is 14.0. The zero-order valence-electron chi connectivity index (χ0n) is 13.9. The second-order valence-electron chi connectivity index (χ2n) is 6.15. The topological polar surface area (TPSA) is 62.7 Å². The van der Waals surface area contributed by atoms with E-state index in [4.69, 9.17) is 4.74 Å². The van der Waals surface area contributed by atoms with E-state index in [0.29, 0.717) is 48.9 Å². The van der Waals surface area contributed by atoms with Crippen LogP contribution in [0.5, 0.6) is 0 Å². The number of thiazole rings is 1. The highest BCUT2D eigenvalue weighted by Gasteiger charge is 2.22. The second-order valence-corrected chi connectivity index (χ2v) is 7.13. The van der Waals surface area contributed by atoms with Crippen molar-refractivity contribution in [2.24, 2.45) is 0 Å². The van der Waals surface area contributed by atoms with E-state index < -0.39 is 5.97 Å². The molecule has 5 nitrogen and oxygen atoms in total. The van der Waals surface area contributed by atoms with Gasteiger partial charge in [-0.3, -0.25) is 0 Å². The highest BCUT2D eigenvalue weighted by molar-refractivity contribution is 7.17. The third-order valence-electron chi connectivity index (χ3n) is 4.43. The van der Waals surface area contributed by atoms with Crippen LogP contribution in [0.4, 0.5) is 9.52 Å². The fraction of sp³-hybridized carbons (Fsp3) is 0.263. The number of fused-ring (bicyclic) bond motifs is 1. The van der Waals surface area contributed by atoms with Gasteiger partial charge in [-0.05, 0) is 23.1 Å². The van der Waals surface area contributed by atoms with Crippen molar-refractivity contribution in [3.05, 3.63) is 58.3 Å². The maximum Gasteiger partial charge on any atom is 0.347 e. The zero-order valence-corrected chi connectivity index (χ0v) is 14.8. The minimum Gasteiger partial charge on any atom is -0.477 e. The van der Waals surface area contributed by atoms with Gasteiger partial charge in [-0.1, -0.05) is 35.6 Å². The minimum atomic E-state index is -0.982. The smallest absolute Gasteiger partial charge is 0.347 e. The summed E-state index contributed by atoms with van der Waals surface area (Å²) in [7, 11) is 0. The molecule has 1 aliphatic heterocycles. The van der Waals surface area contributed by atoms with Gasteiger partial charge in [-0.2, -0.15) is 0 Å². The van der Waals surface area contributed by atoms with Crippen LogP contribution in [0.2, 0.25) is 0 Å². The quantitative estimate of drug-likeness (QED) is 0.759. The van der Waals surface area contributed by atoms with Gasteiger partial charge in [0.05, 0.1) is 18.9 Å². The number of benzene rings is 2. The molecule has 0 atom stereocenters. The number of carboxylic acid groups (broad SMARTS) is 1. The molecule has 3 aromatic rings. The second kappa shape index (κ2) is 7.01. The van der Waals surface area contributed by atoms with Crippen LogP contribution in [-0.2, 0) is 11.2 Å². The third kappa shape index (κ3) is 3.27. The summed E-state index contributed by atoms with van der Waals surface area (Å²) in [6.07, 6.45) is 0.354. The highest BCUT2D eigenvalue weighted by Crippen LogP contribution is 2.29. The molecule has 0 spiro atoms. The summed E-state index contributed by atoms with van der Waals surface area (Å²) in [6, 6.07) is 10.5. The molecule has 0 unspecified atom stereocenters.